The van der Waals surface area contributed by atoms with Gasteiger partial charge in [-0.1, -0.05) is 43.0 Å². The molecule has 1 aliphatic rings. The van der Waals surface area contributed by atoms with Gasteiger partial charge in [0.1, 0.15) is 17.2 Å². The highest BCUT2D eigenvalue weighted by atomic mass is 31.2. The Morgan fingerprint density at radius 1 is 0.966 bits per heavy atom. The fourth-order valence-corrected chi connectivity index (χ4v) is 5.62. The zero-order chi connectivity index (χ0) is 20.6. The predicted molar refractivity (Wildman–Crippen MR) is 113 cm³/mol. The van der Waals surface area contributed by atoms with Crippen molar-refractivity contribution < 1.29 is 23.4 Å². The van der Waals surface area contributed by atoms with Crippen LogP contribution in [0.4, 0.5) is 0 Å². The standard InChI is InChI=1S/C23H19O5P/c1-15(2)23(24)27-20-13-12-16(26-3)14-22(20)29(25)21-11-7-5-9-18(21)17-8-4-6-10-19(17)28-29/h4-14H,1H2,2-3H3. The average Bonchev–Trinajstić information content (AvgIpc) is 2.74. The molecule has 4 rings (SSSR count). The highest BCUT2D eigenvalue weighted by Gasteiger charge is 2.40. The topological polar surface area (TPSA) is 61.8 Å². The maximum Gasteiger partial charge on any atom is 0.338 e. The molecule has 0 N–H and O–H groups in total. The number of fused-ring (bicyclic) bond motifs is 3. The molecule has 0 spiro atoms. The van der Waals surface area contributed by atoms with Gasteiger partial charge in [0.15, 0.2) is 0 Å². The number of carbonyl (C=O) groups is 1. The molecule has 146 valence electrons. The second-order valence-electron chi connectivity index (χ2n) is 6.66. The van der Waals surface area contributed by atoms with Crippen molar-refractivity contribution in [2.45, 2.75) is 6.92 Å². The number of hydrogen-bond donors (Lipinski definition) is 0. The lowest BCUT2D eigenvalue weighted by atomic mass is 10.0. The Morgan fingerprint density at radius 2 is 1.66 bits per heavy atom. The van der Waals surface area contributed by atoms with Crippen molar-refractivity contribution in [3.05, 3.63) is 78.9 Å². The maximum absolute atomic E-state index is 14.4. The summed E-state index contributed by atoms with van der Waals surface area (Å²) in [4.78, 5) is 12.2. The number of para-hydroxylation sites is 1. The van der Waals surface area contributed by atoms with Gasteiger partial charge in [0, 0.05) is 11.1 Å². The molecule has 0 saturated heterocycles. The van der Waals surface area contributed by atoms with Crippen LogP contribution in [-0.2, 0) is 9.36 Å². The number of carbonyl (C=O) groups excluding carboxylic acids is 1. The van der Waals surface area contributed by atoms with Crippen molar-refractivity contribution in [1.82, 2.24) is 0 Å². The Kier molecular flexibility index (Phi) is 4.77. The van der Waals surface area contributed by atoms with Gasteiger partial charge in [0.25, 0.3) is 0 Å². The highest BCUT2D eigenvalue weighted by molar-refractivity contribution is 7.75. The summed E-state index contributed by atoms with van der Waals surface area (Å²) in [5.74, 6) is 0.532. The molecule has 6 heteroatoms. The van der Waals surface area contributed by atoms with Crippen LogP contribution in [0.15, 0.2) is 78.9 Å². The Hall–Kier alpha value is -3.30. The number of methoxy groups -OCH3 is 1. The Bertz CT molecular complexity index is 1180. The molecule has 1 unspecified atom stereocenters. The number of hydrogen-bond acceptors (Lipinski definition) is 5. The van der Waals surface area contributed by atoms with Gasteiger partial charge in [-0.25, -0.2) is 4.79 Å². The van der Waals surface area contributed by atoms with E-state index in [9.17, 15) is 9.36 Å². The summed E-state index contributed by atoms with van der Waals surface area (Å²) < 4.78 is 31.3. The van der Waals surface area contributed by atoms with Crippen LogP contribution in [-0.4, -0.2) is 13.1 Å². The van der Waals surface area contributed by atoms with E-state index in [2.05, 4.69) is 6.58 Å². The van der Waals surface area contributed by atoms with E-state index in [1.165, 1.54) is 7.11 Å². The normalized spacial score (nSPS) is 16.8. The summed E-state index contributed by atoms with van der Waals surface area (Å²) in [5, 5.41) is 0.799. The Balaban J connectivity index is 1.96. The maximum atomic E-state index is 14.4. The van der Waals surface area contributed by atoms with E-state index in [0.29, 0.717) is 16.8 Å². The summed E-state index contributed by atoms with van der Waals surface area (Å²) in [7, 11) is -2.13. The third-order valence-electron chi connectivity index (χ3n) is 4.66. The zero-order valence-corrected chi connectivity index (χ0v) is 16.9. The minimum Gasteiger partial charge on any atom is -0.497 e. The Morgan fingerprint density at radius 3 is 2.38 bits per heavy atom. The molecule has 1 atom stereocenters. The molecule has 0 aliphatic carbocycles. The van der Waals surface area contributed by atoms with Gasteiger partial charge in [0.05, 0.1) is 17.7 Å². The van der Waals surface area contributed by atoms with Crippen molar-refractivity contribution >= 4 is 23.9 Å². The van der Waals surface area contributed by atoms with E-state index < -0.39 is 13.3 Å². The van der Waals surface area contributed by atoms with Gasteiger partial charge >= 0.3 is 13.3 Å². The van der Waals surface area contributed by atoms with Gasteiger partial charge in [-0.3, -0.25) is 4.57 Å². The minimum absolute atomic E-state index is 0.149. The van der Waals surface area contributed by atoms with E-state index in [-0.39, 0.29) is 16.6 Å². The third kappa shape index (κ3) is 3.24. The summed E-state index contributed by atoms with van der Waals surface area (Å²) in [5.41, 5.74) is 1.91. The zero-order valence-electron chi connectivity index (χ0n) is 16.0. The molecular weight excluding hydrogens is 387 g/mol. The van der Waals surface area contributed by atoms with Crippen molar-refractivity contribution in [1.29, 1.82) is 0 Å². The lowest BCUT2D eigenvalue weighted by molar-refractivity contribution is -0.130. The summed E-state index contributed by atoms with van der Waals surface area (Å²) in [6.45, 7) is 5.16. The SMILES string of the molecule is C=C(C)C(=O)Oc1ccc(OC)cc1P1(=O)Oc2ccccc2-c2ccccc21. The monoisotopic (exact) mass is 406 g/mol. The molecule has 0 amide bonds. The fourth-order valence-electron chi connectivity index (χ4n) is 3.22. The number of esters is 1. The molecule has 3 aromatic carbocycles. The van der Waals surface area contributed by atoms with Crippen LogP contribution in [0.1, 0.15) is 6.92 Å². The lowest BCUT2D eigenvalue weighted by Crippen LogP contribution is -2.27. The smallest absolute Gasteiger partial charge is 0.338 e. The Labute approximate surface area is 169 Å². The lowest BCUT2D eigenvalue weighted by Gasteiger charge is -2.29. The van der Waals surface area contributed by atoms with Crippen molar-refractivity contribution in [2.24, 2.45) is 0 Å². The predicted octanol–water partition coefficient (Wildman–Crippen LogP) is 4.47. The van der Waals surface area contributed by atoms with E-state index in [0.717, 1.165) is 11.1 Å². The van der Waals surface area contributed by atoms with Gasteiger partial charge in [-0.15, -0.1) is 0 Å². The van der Waals surface area contributed by atoms with E-state index in [1.54, 1.807) is 37.3 Å². The summed E-state index contributed by atoms with van der Waals surface area (Å²) >= 11 is 0. The first-order chi connectivity index (χ1) is 13.9. The van der Waals surface area contributed by atoms with E-state index >= 15 is 0 Å². The average molecular weight is 406 g/mol. The van der Waals surface area contributed by atoms with Crippen LogP contribution in [0, 0.1) is 0 Å². The van der Waals surface area contributed by atoms with Crippen LogP contribution >= 0.6 is 7.37 Å². The number of rotatable bonds is 4. The largest absolute Gasteiger partial charge is 0.497 e. The van der Waals surface area contributed by atoms with E-state index in [1.807, 2.05) is 36.4 Å². The molecule has 29 heavy (non-hydrogen) atoms. The van der Waals surface area contributed by atoms with E-state index in [4.69, 9.17) is 14.0 Å². The molecule has 0 radical (unpaired) electrons. The molecular formula is C23H19O5P. The molecule has 1 aliphatic heterocycles. The molecule has 5 nitrogen and oxygen atoms in total. The highest BCUT2D eigenvalue weighted by Crippen LogP contribution is 2.55. The van der Waals surface area contributed by atoms with Crippen molar-refractivity contribution in [3.8, 4) is 28.4 Å². The number of benzene rings is 3. The summed E-state index contributed by atoms with van der Waals surface area (Å²) in [6, 6.07) is 19.6. The first kappa shape index (κ1) is 19.0. The quantitative estimate of drug-likeness (QED) is 0.277. The van der Waals surface area contributed by atoms with Crippen molar-refractivity contribution in [3.63, 3.8) is 0 Å². The molecule has 3 aromatic rings. The fraction of sp³-hybridized carbons (Fsp3) is 0.0870. The second kappa shape index (κ2) is 7.26. The van der Waals surface area contributed by atoms with Gasteiger partial charge in [-0.2, -0.15) is 0 Å². The third-order valence-corrected chi connectivity index (χ3v) is 7.12. The molecule has 0 saturated carbocycles. The molecule has 0 fully saturated rings. The first-order valence-electron chi connectivity index (χ1n) is 8.99. The second-order valence-corrected chi connectivity index (χ2v) is 8.91. The first-order valence-corrected chi connectivity index (χ1v) is 10.6. The number of ether oxygens (including phenoxy) is 2. The van der Waals surface area contributed by atoms with Crippen LogP contribution in [0.2, 0.25) is 0 Å². The van der Waals surface area contributed by atoms with Crippen LogP contribution in [0.5, 0.6) is 17.2 Å². The van der Waals surface area contributed by atoms with Crippen LogP contribution in [0.3, 0.4) is 0 Å². The summed E-state index contributed by atoms with van der Waals surface area (Å²) in [6.07, 6.45) is 0. The van der Waals surface area contributed by atoms with Crippen LogP contribution < -0.4 is 24.6 Å². The van der Waals surface area contributed by atoms with Crippen molar-refractivity contribution in [2.75, 3.05) is 7.11 Å². The minimum atomic E-state index is -3.64. The van der Waals surface area contributed by atoms with Crippen LogP contribution in [0.25, 0.3) is 11.1 Å². The van der Waals surface area contributed by atoms with Gasteiger partial charge < -0.3 is 14.0 Å². The molecule has 1 heterocycles. The molecule has 0 aromatic heterocycles. The molecule has 0 bridgehead atoms. The van der Waals surface area contributed by atoms with Gasteiger partial charge in [0.2, 0.25) is 0 Å². The van der Waals surface area contributed by atoms with Gasteiger partial charge in [-0.05, 0) is 42.8 Å².